The molecule has 1 aromatic carbocycles. The molecule has 0 bridgehead atoms. The van der Waals surface area contributed by atoms with Crippen molar-refractivity contribution < 1.29 is 37.7 Å². The molecule has 3 N–H and O–H groups in total. The maximum Gasteiger partial charge on any atom is 0.386 e. The van der Waals surface area contributed by atoms with Gasteiger partial charge in [-0.2, -0.15) is 5.10 Å². The number of imidazole rings is 2. The van der Waals surface area contributed by atoms with Gasteiger partial charge in [-0.15, -0.1) is 0 Å². The molecular weight excluding hydrogens is 669 g/mol. The van der Waals surface area contributed by atoms with Crippen LogP contribution >= 0.6 is 19.0 Å². The number of hydrogen-bond acceptors (Lipinski definition) is 14. The summed E-state index contributed by atoms with van der Waals surface area (Å²) < 4.78 is 45.8. The van der Waals surface area contributed by atoms with E-state index in [9.17, 15) is 19.3 Å². The van der Waals surface area contributed by atoms with Gasteiger partial charge < -0.3 is 29.2 Å². The summed E-state index contributed by atoms with van der Waals surface area (Å²) >= 11 is 4.22. The largest absolute Gasteiger partial charge is 0.386 e. The molecular formula is C28H30N9O9PS. The molecule has 5 aromatic rings. The smallest absolute Gasteiger partial charge is 0.371 e. The van der Waals surface area contributed by atoms with Crippen molar-refractivity contribution in [3.63, 3.8) is 0 Å². The number of H-pyrrole nitrogens is 1. The molecule has 7 rings (SSSR count). The number of aliphatic hydroxyl groups excluding tert-OH is 1. The van der Waals surface area contributed by atoms with E-state index in [0.717, 1.165) is 0 Å². The molecule has 4 aromatic heterocycles. The number of rotatable bonds is 12. The normalized spacial score (nSPS) is 23.9. The van der Waals surface area contributed by atoms with Gasteiger partial charge in [0.15, 0.2) is 22.5 Å². The Morgan fingerprint density at radius 1 is 1.06 bits per heavy atom. The third kappa shape index (κ3) is 6.76. The van der Waals surface area contributed by atoms with Gasteiger partial charge in [-0.1, -0.05) is 30.4 Å². The van der Waals surface area contributed by atoms with E-state index in [4.69, 9.17) is 23.3 Å². The van der Waals surface area contributed by atoms with Crippen molar-refractivity contribution in [2.45, 2.75) is 50.0 Å². The number of ether oxygens (including phenoxy) is 3. The summed E-state index contributed by atoms with van der Waals surface area (Å²) in [4.78, 5) is 41.8. The first-order chi connectivity index (χ1) is 23.3. The Labute approximate surface area is 276 Å². The molecule has 2 fully saturated rings. The van der Waals surface area contributed by atoms with Crippen LogP contribution in [0.1, 0.15) is 42.1 Å². The van der Waals surface area contributed by atoms with Gasteiger partial charge in [0.05, 0.1) is 43.7 Å². The van der Waals surface area contributed by atoms with Gasteiger partial charge in [-0.25, -0.2) is 29.6 Å². The number of aliphatic hydroxyl groups is 1. The molecule has 0 aliphatic carbocycles. The molecule has 2 aliphatic heterocycles. The van der Waals surface area contributed by atoms with E-state index in [0.29, 0.717) is 35.1 Å². The number of anilines is 1. The number of nitrogens with zero attached hydrogens (tertiary/aromatic N) is 7. The van der Waals surface area contributed by atoms with E-state index < -0.39 is 49.9 Å². The molecule has 1 unspecified atom stereocenters. The average molecular weight is 700 g/mol. The van der Waals surface area contributed by atoms with Gasteiger partial charge in [0.2, 0.25) is 0 Å². The molecule has 0 radical (unpaired) electrons. The number of carbonyl (C=O) groups is 1. The van der Waals surface area contributed by atoms with Gasteiger partial charge >= 0.3 is 6.80 Å². The minimum absolute atomic E-state index is 0.0713. The summed E-state index contributed by atoms with van der Waals surface area (Å²) in [5.41, 5.74) is 1.56. The number of aromatic nitrogens is 8. The lowest BCUT2D eigenvalue weighted by atomic mass is 10.2. The first-order valence-corrected chi connectivity index (χ1v) is 17.6. The summed E-state index contributed by atoms with van der Waals surface area (Å²) in [7, 11) is 0. The van der Waals surface area contributed by atoms with Crippen molar-refractivity contribution in [1.82, 2.24) is 39.3 Å². The Kier molecular flexibility index (Phi) is 9.34. The number of nitrogens with one attached hydrogen (secondary N) is 2. The predicted octanol–water partition coefficient (Wildman–Crippen LogP) is 2.58. The lowest BCUT2D eigenvalue weighted by Gasteiger charge is -2.22. The van der Waals surface area contributed by atoms with Crippen LogP contribution in [0.15, 0.2) is 60.3 Å². The quantitative estimate of drug-likeness (QED) is 0.0836. The second-order valence-corrected chi connectivity index (χ2v) is 13.9. The third-order valence-electron chi connectivity index (χ3n) is 7.98. The van der Waals surface area contributed by atoms with Crippen LogP contribution in [0.25, 0.3) is 22.2 Å². The molecule has 0 spiro atoms. The van der Waals surface area contributed by atoms with E-state index >= 15 is 0 Å². The van der Waals surface area contributed by atoms with Crippen molar-refractivity contribution in [1.29, 1.82) is 0 Å². The van der Waals surface area contributed by atoms with Crippen molar-refractivity contribution in [3.8, 4) is 0 Å². The molecule has 2 aliphatic rings. The molecule has 6 atom stereocenters. The standard InChI is InChI=1S/C28H30N9O9PS/c38-15-42-11-20-19(46-47(41,48)43-10-17-6-7-21(44-17)36-13-31-23-18(36)9-33-35-28(23)40)8-22(45-20)37-14-32-24-25(29-12-30-26(24)37)34-27(39)16-4-2-1-3-5-16/h1-5,9,12-14,17,19-22,38H,6-8,10-11,15H2,(H,35,40)(H,41,48)(H,29,30,34,39)/t17-,19-,20+,21+,22+,47?/m0/s1. The van der Waals surface area contributed by atoms with Crippen LogP contribution in [0.5, 0.6) is 0 Å². The Balaban J connectivity index is 1.00. The van der Waals surface area contributed by atoms with Crippen LogP contribution in [0, 0.1) is 0 Å². The Hall–Kier alpha value is -4.07. The van der Waals surface area contributed by atoms with Gasteiger partial charge in [0.1, 0.15) is 37.8 Å². The Morgan fingerprint density at radius 3 is 2.71 bits per heavy atom. The number of thiol groups is 1. The van der Waals surface area contributed by atoms with E-state index in [1.54, 1.807) is 33.4 Å². The van der Waals surface area contributed by atoms with Crippen LogP contribution in [-0.2, 0) is 27.8 Å². The maximum atomic E-state index is 13.4. The Bertz CT molecular complexity index is 2030. The lowest BCUT2D eigenvalue weighted by Crippen LogP contribution is -2.28. The molecule has 48 heavy (non-hydrogen) atoms. The lowest BCUT2D eigenvalue weighted by molar-refractivity contribution is -0.0892. The Morgan fingerprint density at radius 2 is 1.88 bits per heavy atom. The summed E-state index contributed by atoms with van der Waals surface area (Å²) in [5.74, 6) is -0.140. The third-order valence-corrected chi connectivity index (χ3v) is 9.62. The zero-order valence-corrected chi connectivity index (χ0v) is 26.9. The number of aromatic amines is 1. The zero-order valence-electron chi connectivity index (χ0n) is 25.1. The summed E-state index contributed by atoms with van der Waals surface area (Å²) in [6.45, 7) is -4.66. The molecule has 252 valence electrons. The second kappa shape index (κ2) is 13.8. The van der Waals surface area contributed by atoms with Crippen LogP contribution in [0.3, 0.4) is 0 Å². The topological polar surface area (TPSA) is 220 Å². The minimum atomic E-state index is -3.95. The number of fused-ring (bicyclic) bond motifs is 2. The fraction of sp³-hybridized carbons (Fsp3) is 0.393. The second-order valence-electron chi connectivity index (χ2n) is 11.0. The molecule has 18 nitrogen and oxygen atoms in total. The van der Waals surface area contributed by atoms with Crippen molar-refractivity contribution >= 4 is 53.0 Å². The van der Waals surface area contributed by atoms with Crippen LogP contribution in [0.2, 0.25) is 0 Å². The predicted molar refractivity (Wildman–Crippen MR) is 170 cm³/mol. The van der Waals surface area contributed by atoms with Crippen LogP contribution in [0.4, 0.5) is 5.82 Å². The van der Waals surface area contributed by atoms with Gasteiger partial charge in [-0.05, 0) is 25.0 Å². The highest BCUT2D eigenvalue weighted by Gasteiger charge is 2.42. The monoisotopic (exact) mass is 699 g/mol. The zero-order chi connectivity index (χ0) is 33.3. The number of benzene rings is 1. The first-order valence-electron chi connectivity index (χ1n) is 14.9. The van der Waals surface area contributed by atoms with Gasteiger partial charge in [0.25, 0.3) is 11.5 Å². The van der Waals surface area contributed by atoms with Crippen molar-refractivity contribution in [3.05, 3.63) is 71.4 Å². The molecule has 1 amide bonds. The summed E-state index contributed by atoms with van der Waals surface area (Å²) in [6, 6.07) is 8.68. The fourth-order valence-corrected chi connectivity index (χ4v) is 7.27. The molecule has 2 saturated heterocycles. The average Bonchev–Trinajstić information content (AvgIpc) is 3.89. The van der Waals surface area contributed by atoms with E-state index in [2.05, 4.69) is 47.7 Å². The summed E-state index contributed by atoms with van der Waals surface area (Å²) in [6.07, 6.45) is 4.05. The first kappa shape index (κ1) is 32.5. The molecule has 6 heterocycles. The molecule has 20 heteroatoms. The van der Waals surface area contributed by atoms with Crippen molar-refractivity contribution in [2.75, 3.05) is 25.3 Å². The van der Waals surface area contributed by atoms with Gasteiger partial charge in [-0.3, -0.25) is 23.2 Å². The highest BCUT2D eigenvalue weighted by Crippen LogP contribution is 2.56. The highest BCUT2D eigenvalue weighted by atomic mass is 32.7. The maximum absolute atomic E-state index is 13.4. The van der Waals surface area contributed by atoms with E-state index in [1.807, 2.05) is 6.07 Å². The van der Waals surface area contributed by atoms with Crippen LogP contribution < -0.4 is 10.9 Å². The molecule has 0 saturated carbocycles. The highest BCUT2D eigenvalue weighted by molar-refractivity contribution is 8.44. The number of amides is 1. The van der Waals surface area contributed by atoms with Crippen molar-refractivity contribution in [2.24, 2.45) is 0 Å². The van der Waals surface area contributed by atoms with E-state index in [-0.39, 0.29) is 36.9 Å². The minimum Gasteiger partial charge on any atom is -0.371 e. The number of carbonyl (C=O) groups excluding carboxylic acids is 1. The van der Waals surface area contributed by atoms with Gasteiger partial charge in [0, 0.05) is 12.0 Å². The number of hydrogen-bond donors (Lipinski definition) is 4. The van der Waals surface area contributed by atoms with E-state index in [1.165, 1.54) is 25.2 Å². The van der Waals surface area contributed by atoms with Crippen LogP contribution in [-0.4, -0.2) is 88.6 Å². The SMILES string of the molecule is O=C(Nc1ncnc2c1ncn2[C@H]1C[C@H](OP(=O)(S)OC[C@@H]2CC[C@H](n3cnc4c(=O)[nH]ncc43)O2)[C@@H](COCO)O1)c1ccccc1. The fourth-order valence-electron chi connectivity index (χ4n) is 5.72. The summed E-state index contributed by atoms with van der Waals surface area (Å²) in [5, 5.41) is 18.2.